The Labute approximate surface area is 88.4 Å². The minimum Gasteiger partial charge on any atom is -0.448 e. The van der Waals surface area contributed by atoms with Gasteiger partial charge in [0.1, 0.15) is 6.61 Å². The molecule has 0 fully saturated rings. The van der Waals surface area contributed by atoms with Crippen molar-refractivity contribution in [1.82, 2.24) is 15.1 Å². The summed E-state index contributed by atoms with van der Waals surface area (Å²) in [6.45, 7) is 1.75. The van der Waals surface area contributed by atoms with Crippen LogP contribution in [0.3, 0.4) is 0 Å². The lowest BCUT2D eigenvalue weighted by atomic mass is 10.2. The van der Waals surface area contributed by atoms with Gasteiger partial charge in [-0.25, -0.2) is 4.79 Å². The van der Waals surface area contributed by atoms with Crippen molar-refractivity contribution in [2.24, 2.45) is 12.8 Å². The number of ether oxygens (including phenoxy) is 1. The second kappa shape index (κ2) is 6.02. The number of rotatable bonds is 6. The first-order valence-electron chi connectivity index (χ1n) is 4.79. The summed E-state index contributed by atoms with van der Waals surface area (Å²) in [6.07, 6.45) is 3.98. The van der Waals surface area contributed by atoms with Crippen LogP contribution in [-0.4, -0.2) is 35.6 Å². The third-order valence-corrected chi connectivity index (χ3v) is 1.87. The maximum Gasteiger partial charge on any atom is 0.404 e. The number of hydrogen-bond donors (Lipinski definition) is 2. The molecule has 0 aliphatic rings. The highest BCUT2D eigenvalue weighted by Gasteiger charge is 1.96. The number of carbonyl (C=O) groups is 1. The van der Waals surface area contributed by atoms with E-state index in [1.54, 1.807) is 4.68 Å². The molecular weight excluding hydrogens is 196 g/mol. The highest BCUT2D eigenvalue weighted by Crippen LogP contribution is 1.95. The van der Waals surface area contributed by atoms with Crippen molar-refractivity contribution >= 4 is 6.09 Å². The Balaban J connectivity index is 2.00. The molecular formula is C9H16N4O2. The summed E-state index contributed by atoms with van der Waals surface area (Å²) in [5.74, 6) is 0. The number of amides is 1. The molecule has 0 saturated carbocycles. The van der Waals surface area contributed by atoms with Crippen LogP contribution < -0.4 is 11.1 Å². The zero-order chi connectivity index (χ0) is 11.1. The maximum atomic E-state index is 10.2. The van der Waals surface area contributed by atoms with Crippen molar-refractivity contribution in [3.8, 4) is 0 Å². The number of nitrogens with two attached hydrogens (primary N) is 1. The summed E-state index contributed by atoms with van der Waals surface area (Å²) in [7, 11) is 1.89. The number of nitrogens with one attached hydrogen (secondary N) is 1. The van der Waals surface area contributed by atoms with Gasteiger partial charge in [0, 0.05) is 19.8 Å². The van der Waals surface area contributed by atoms with Gasteiger partial charge in [0.15, 0.2) is 0 Å². The number of primary amides is 1. The van der Waals surface area contributed by atoms with E-state index >= 15 is 0 Å². The molecule has 0 radical (unpaired) electrons. The fraction of sp³-hybridized carbons (Fsp3) is 0.556. The summed E-state index contributed by atoms with van der Waals surface area (Å²) in [5, 5.41) is 7.19. The van der Waals surface area contributed by atoms with Crippen LogP contribution >= 0.6 is 0 Å². The third-order valence-electron chi connectivity index (χ3n) is 1.87. The van der Waals surface area contributed by atoms with Crippen molar-refractivity contribution in [3.05, 3.63) is 18.0 Å². The molecule has 6 nitrogen and oxygen atoms in total. The molecule has 1 aromatic heterocycles. The molecule has 0 atom stereocenters. The quantitative estimate of drug-likeness (QED) is 0.631. The van der Waals surface area contributed by atoms with Crippen molar-refractivity contribution in [2.75, 3.05) is 19.7 Å². The molecule has 0 aliphatic heterocycles. The molecule has 3 N–H and O–H groups in total. The largest absolute Gasteiger partial charge is 0.448 e. The van der Waals surface area contributed by atoms with Gasteiger partial charge in [0.05, 0.1) is 6.20 Å². The van der Waals surface area contributed by atoms with Crippen molar-refractivity contribution in [3.63, 3.8) is 0 Å². The number of hydrogen-bond acceptors (Lipinski definition) is 4. The molecule has 0 bridgehead atoms. The summed E-state index contributed by atoms with van der Waals surface area (Å²) in [4.78, 5) is 10.2. The summed E-state index contributed by atoms with van der Waals surface area (Å²) in [5.41, 5.74) is 5.98. The SMILES string of the molecule is Cn1cc(CCNCCOC(N)=O)cn1. The van der Waals surface area contributed by atoms with E-state index < -0.39 is 6.09 Å². The van der Waals surface area contributed by atoms with Crippen LogP contribution in [0.1, 0.15) is 5.56 Å². The Morgan fingerprint density at radius 3 is 3.07 bits per heavy atom. The van der Waals surface area contributed by atoms with E-state index in [4.69, 9.17) is 5.73 Å². The predicted molar refractivity (Wildman–Crippen MR) is 55.3 cm³/mol. The molecule has 1 aromatic rings. The number of aryl methyl sites for hydroxylation is 1. The average Bonchev–Trinajstić information content (AvgIpc) is 2.57. The fourth-order valence-corrected chi connectivity index (χ4v) is 1.18. The number of aromatic nitrogens is 2. The second-order valence-corrected chi connectivity index (χ2v) is 3.19. The normalized spacial score (nSPS) is 10.2. The van der Waals surface area contributed by atoms with Crippen LogP contribution in [0, 0.1) is 0 Å². The van der Waals surface area contributed by atoms with E-state index in [-0.39, 0.29) is 0 Å². The van der Waals surface area contributed by atoms with Gasteiger partial charge in [-0.3, -0.25) is 4.68 Å². The van der Waals surface area contributed by atoms with Crippen LogP contribution in [0.15, 0.2) is 12.4 Å². The first kappa shape index (κ1) is 11.5. The second-order valence-electron chi connectivity index (χ2n) is 3.19. The minimum absolute atomic E-state index is 0.308. The van der Waals surface area contributed by atoms with E-state index in [2.05, 4.69) is 15.2 Å². The number of carbonyl (C=O) groups excluding carboxylic acids is 1. The van der Waals surface area contributed by atoms with E-state index in [0.29, 0.717) is 13.2 Å². The smallest absolute Gasteiger partial charge is 0.404 e. The molecule has 84 valence electrons. The van der Waals surface area contributed by atoms with Crippen LogP contribution in [0.4, 0.5) is 4.79 Å². The van der Waals surface area contributed by atoms with E-state index in [1.165, 1.54) is 5.56 Å². The first-order chi connectivity index (χ1) is 7.18. The Morgan fingerprint density at radius 2 is 2.47 bits per heavy atom. The zero-order valence-electron chi connectivity index (χ0n) is 8.77. The molecule has 15 heavy (non-hydrogen) atoms. The summed E-state index contributed by atoms with van der Waals surface area (Å²) >= 11 is 0. The van der Waals surface area contributed by atoms with E-state index in [9.17, 15) is 4.79 Å². The summed E-state index contributed by atoms with van der Waals surface area (Å²) < 4.78 is 6.33. The standard InChI is InChI=1S/C9H16N4O2/c1-13-7-8(6-12-13)2-3-11-4-5-15-9(10)14/h6-7,11H,2-5H2,1H3,(H2,10,14). The molecule has 0 saturated heterocycles. The van der Waals surface area contributed by atoms with Crippen molar-refractivity contribution in [1.29, 1.82) is 0 Å². The van der Waals surface area contributed by atoms with Gasteiger partial charge < -0.3 is 15.8 Å². The van der Waals surface area contributed by atoms with Crippen LogP contribution in [0.25, 0.3) is 0 Å². The third kappa shape index (κ3) is 5.02. The lowest BCUT2D eigenvalue weighted by Gasteiger charge is -2.03. The van der Waals surface area contributed by atoms with Gasteiger partial charge in [-0.15, -0.1) is 0 Å². The van der Waals surface area contributed by atoms with Gasteiger partial charge in [-0.05, 0) is 18.5 Å². The highest BCUT2D eigenvalue weighted by molar-refractivity contribution is 5.64. The van der Waals surface area contributed by atoms with Crippen LogP contribution in [0.5, 0.6) is 0 Å². The molecule has 0 unspecified atom stereocenters. The van der Waals surface area contributed by atoms with Gasteiger partial charge in [-0.1, -0.05) is 0 Å². The molecule has 6 heteroatoms. The maximum absolute atomic E-state index is 10.2. The Bertz CT molecular complexity index is 311. The topological polar surface area (TPSA) is 82.2 Å². The van der Waals surface area contributed by atoms with Crippen LogP contribution in [0.2, 0.25) is 0 Å². The first-order valence-corrected chi connectivity index (χ1v) is 4.79. The lowest BCUT2D eigenvalue weighted by Crippen LogP contribution is -2.25. The van der Waals surface area contributed by atoms with Crippen molar-refractivity contribution < 1.29 is 9.53 Å². The lowest BCUT2D eigenvalue weighted by molar-refractivity contribution is 0.157. The van der Waals surface area contributed by atoms with Crippen LogP contribution in [-0.2, 0) is 18.2 Å². The van der Waals surface area contributed by atoms with Gasteiger partial charge >= 0.3 is 6.09 Å². The molecule has 1 amide bonds. The zero-order valence-corrected chi connectivity index (χ0v) is 8.77. The Kier molecular flexibility index (Phi) is 4.62. The Morgan fingerprint density at radius 1 is 1.67 bits per heavy atom. The van der Waals surface area contributed by atoms with Gasteiger partial charge in [-0.2, -0.15) is 5.10 Å². The van der Waals surface area contributed by atoms with Crippen molar-refractivity contribution in [2.45, 2.75) is 6.42 Å². The molecule has 0 aromatic carbocycles. The van der Waals surface area contributed by atoms with Gasteiger partial charge in [0.2, 0.25) is 0 Å². The van der Waals surface area contributed by atoms with E-state index in [1.807, 2.05) is 19.4 Å². The highest BCUT2D eigenvalue weighted by atomic mass is 16.5. The monoisotopic (exact) mass is 212 g/mol. The number of nitrogens with zero attached hydrogens (tertiary/aromatic N) is 2. The molecule has 0 aliphatic carbocycles. The summed E-state index contributed by atoms with van der Waals surface area (Å²) in [6, 6.07) is 0. The van der Waals surface area contributed by atoms with E-state index in [0.717, 1.165) is 13.0 Å². The minimum atomic E-state index is -0.732. The average molecular weight is 212 g/mol. The fourth-order valence-electron chi connectivity index (χ4n) is 1.18. The predicted octanol–water partition coefficient (Wildman–Crippen LogP) is -0.352. The van der Waals surface area contributed by atoms with Gasteiger partial charge in [0.25, 0.3) is 0 Å². The molecule has 1 rings (SSSR count). The molecule has 1 heterocycles. The Hall–Kier alpha value is -1.56. The molecule has 0 spiro atoms.